The lowest BCUT2D eigenvalue weighted by Gasteiger charge is -2.15. The zero-order chi connectivity index (χ0) is 17.3. The van der Waals surface area contributed by atoms with Gasteiger partial charge in [-0.15, -0.1) is 0 Å². The molecule has 2 aromatic heterocycles. The third kappa shape index (κ3) is 2.85. The number of hydrogen-bond donors (Lipinski definition) is 2. The number of aldehydes is 1. The zero-order valence-electron chi connectivity index (χ0n) is 12.9. The number of nitrogens with one attached hydrogen (secondary N) is 1. The van der Waals surface area contributed by atoms with Gasteiger partial charge in [0.1, 0.15) is 6.73 Å². The number of carbonyl (C=O) groups excluding carboxylic acids is 2. The van der Waals surface area contributed by atoms with Gasteiger partial charge in [-0.05, 0) is 24.8 Å². The molecule has 0 spiro atoms. The van der Waals surface area contributed by atoms with Gasteiger partial charge in [0.25, 0.3) is 0 Å². The number of aliphatic hydroxyl groups excluding tert-OH is 1. The van der Waals surface area contributed by atoms with Crippen molar-refractivity contribution in [2.24, 2.45) is 0 Å². The second kappa shape index (κ2) is 6.36. The molecule has 1 aliphatic rings. The van der Waals surface area contributed by atoms with E-state index in [9.17, 15) is 19.1 Å². The van der Waals surface area contributed by atoms with Gasteiger partial charge >= 0.3 is 6.03 Å². The summed E-state index contributed by atoms with van der Waals surface area (Å²) in [6.07, 6.45) is 4.69. The number of hydrogen-bond acceptors (Lipinski definition) is 5. The van der Waals surface area contributed by atoms with Gasteiger partial charge in [0.2, 0.25) is 5.95 Å². The van der Waals surface area contributed by atoms with Crippen LogP contribution >= 0.6 is 0 Å². The van der Waals surface area contributed by atoms with E-state index in [0.29, 0.717) is 11.9 Å². The SMILES string of the molecule is CNC(=O)N(/C=C(\C=O)c1cc(C2CC2)c2ncc(F)n2n1)CO. The van der Waals surface area contributed by atoms with E-state index < -0.39 is 18.7 Å². The van der Waals surface area contributed by atoms with Crippen molar-refractivity contribution in [2.45, 2.75) is 18.8 Å². The van der Waals surface area contributed by atoms with Crippen LogP contribution in [0.5, 0.6) is 0 Å². The van der Waals surface area contributed by atoms with Crippen LogP contribution in [0.1, 0.15) is 30.0 Å². The van der Waals surface area contributed by atoms with Crippen molar-refractivity contribution in [3.63, 3.8) is 0 Å². The highest BCUT2D eigenvalue weighted by Crippen LogP contribution is 2.42. The van der Waals surface area contributed by atoms with Crippen LogP contribution in [0.15, 0.2) is 18.5 Å². The summed E-state index contributed by atoms with van der Waals surface area (Å²) in [6, 6.07) is 1.09. The molecular weight excluding hydrogens is 317 g/mol. The second-order valence-corrected chi connectivity index (χ2v) is 5.44. The molecule has 1 fully saturated rings. The molecule has 0 aliphatic heterocycles. The van der Waals surface area contributed by atoms with Gasteiger partial charge in [-0.3, -0.25) is 9.69 Å². The minimum Gasteiger partial charge on any atom is -0.376 e. The lowest BCUT2D eigenvalue weighted by atomic mass is 10.1. The van der Waals surface area contributed by atoms with Crippen molar-refractivity contribution in [1.82, 2.24) is 24.8 Å². The number of carbonyl (C=O) groups is 2. The summed E-state index contributed by atoms with van der Waals surface area (Å²) in [4.78, 5) is 28.0. The number of nitrogens with zero attached hydrogens (tertiary/aromatic N) is 4. The van der Waals surface area contributed by atoms with E-state index in [0.717, 1.165) is 34.0 Å². The first-order chi connectivity index (χ1) is 11.6. The molecule has 9 heteroatoms. The molecule has 2 N–H and O–H groups in total. The smallest absolute Gasteiger partial charge is 0.323 e. The number of rotatable bonds is 5. The highest BCUT2D eigenvalue weighted by molar-refractivity contribution is 6.06. The van der Waals surface area contributed by atoms with Crippen LogP contribution in [0.25, 0.3) is 11.2 Å². The van der Waals surface area contributed by atoms with Crippen LogP contribution in [0, 0.1) is 5.95 Å². The molecule has 126 valence electrons. The number of imidazole rings is 1. The van der Waals surface area contributed by atoms with Gasteiger partial charge in [-0.2, -0.15) is 14.0 Å². The van der Waals surface area contributed by atoms with Gasteiger partial charge in [0.05, 0.1) is 17.5 Å². The Morgan fingerprint density at radius 2 is 2.33 bits per heavy atom. The van der Waals surface area contributed by atoms with Gasteiger partial charge in [0.15, 0.2) is 11.9 Å². The average molecular weight is 333 g/mol. The number of fused-ring (bicyclic) bond motifs is 1. The first-order valence-electron chi connectivity index (χ1n) is 7.39. The van der Waals surface area contributed by atoms with Gasteiger partial charge in [0, 0.05) is 18.8 Å². The largest absolute Gasteiger partial charge is 0.376 e. The Morgan fingerprint density at radius 3 is 2.92 bits per heavy atom. The van der Waals surface area contributed by atoms with Crippen molar-refractivity contribution in [2.75, 3.05) is 13.8 Å². The van der Waals surface area contributed by atoms with E-state index in [1.165, 1.54) is 13.2 Å². The molecule has 24 heavy (non-hydrogen) atoms. The van der Waals surface area contributed by atoms with E-state index >= 15 is 0 Å². The topological polar surface area (TPSA) is 99.8 Å². The first kappa shape index (κ1) is 16.1. The zero-order valence-corrected chi connectivity index (χ0v) is 12.9. The van der Waals surface area contributed by atoms with Crippen LogP contribution in [-0.2, 0) is 4.79 Å². The van der Waals surface area contributed by atoms with Crippen molar-refractivity contribution in [3.05, 3.63) is 35.7 Å². The molecule has 0 radical (unpaired) electrons. The Morgan fingerprint density at radius 1 is 1.58 bits per heavy atom. The van der Waals surface area contributed by atoms with E-state index in [1.54, 1.807) is 6.07 Å². The predicted molar refractivity (Wildman–Crippen MR) is 82.3 cm³/mol. The standard InChI is InChI=1S/C15H16FN5O3/c1-17-15(24)20(8-23)6-10(7-22)12-4-11(9-2-3-9)14-18-5-13(16)21(14)19-12/h4-7,9,23H,2-3,8H2,1H3,(H,17,24)/b10-6+. The average Bonchev–Trinajstić information content (AvgIpc) is 3.38. The van der Waals surface area contributed by atoms with Crippen LogP contribution in [0.4, 0.5) is 9.18 Å². The van der Waals surface area contributed by atoms with E-state index in [-0.39, 0.29) is 17.2 Å². The molecule has 0 unspecified atom stereocenters. The molecule has 1 saturated carbocycles. The number of aromatic nitrogens is 3. The van der Waals surface area contributed by atoms with E-state index in [2.05, 4.69) is 15.4 Å². The second-order valence-electron chi connectivity index (χ2n) is 5.44. The molecule has 0 aromatic carbocycles. The molecule has 2 heterocycles. The highest BCUT2D eigenvalue weighted by atomic mass is 19.1. The summed E-state index contributed by atoms with van der Waals surface area (Å²) in [6.45, 7) is -0.617. The molecule has 0 saturated heterocycles. The number of allylic oxidation sites excluding steroid dienone is 1. The summed E-state index contributed by atoms with van der Waals surface area (Å²) in [7, 11) is 1.40. The quantitative estimate of drug-likeness (QED) is 0.481. The third-order valence-electron chi connectivity index (χ3n) is 3.82. The summed E-state index contributed by atoms with van der Waals surface area (Å²) >= 11 is 0. The molecular formula is C15H16FN5O3. The van der Waals surface area contributed by atoms with Crippen molar-refractivity contribution in [3.8, 4) is 0 Å². The summed E-state index contributed by atoms with van der Waals surface area (Å²) in [5.41, 5.74) is 1.49. The lowest BCUT2D eigenvalue weighted by molar-refractivity contribution is -0.103. The molecule has 0 atom stereocenters. The maximum atomic E-state index is 13.9. The maximum Gasteiger partial charge on any atom is 0.323 e. The number of urea groups is 1. The minimum absolute atomic E-state index is 0.0459. The fraction of sp³-hybridized carbons (Fsp3) is 0.333. The van der Waals surface area contributed by atoms with Crippen LogP contribution in [-0.4, -0.2) is 50.7 Å². The lowest BCUT2D eigenvalue weighted by Crippen LogP contribution is -2.35. The number of halogens is 1. The maximum absolute atomic E-state index is 13.9. The van der Waals surface area contributed by atoms with Crippen LogP contribution in [0.3, 0.4) is 0 Å². The fourth-order valence-corrected chi connectivity index (χ4v) is 2.43. The number of aliphatic hydroxyl groups is 1. The number of amides is 2. The normalized spacial score (nSPS) is 14.7. The Balaban J connectivity index is 2.10. The first-order valence-corrected chi connectivity index (χ1v) is 7.39. The van der Waals surface area contributed by atoms with Crippen LogP contribution in [0.2, 0.25) is 0 Å². The van der Waals surface area contributed by atoms with Gasteiger partial charge < -0.3 is 10.4 Å². The Bertz CT molecular complexity index is 828. The monoisotopic (exact) mass is 333 g/mol. The molecule has 2 amide bonds. The van der Waals surface area contributed by atoms with Gasteiger partial charge in [-0.1, -0.05) is 0 Å². The molecule has 8 nitrogen and oxygen atoms in total. The molecule has 1 aliphatic carbocycles. The van der Waals surface area contributed by atoms with E-state index in [1.807, 2.05) is 0 Å². The highest BCUT2D eigenvalue weighted by Gasteiger charge is 2.28. The van der Waals surface area contributed by atoms with Crippen molar-refractivity contribution < 1.29 is 19.1 Å². The Labute approximate surface area is 136 Å². The molecule has 2 aromatic rings. The van der Waals surface area contributed by atoms with Crippen LogP contribution < -0.4 is 5.32 Å². The van der Waals surface area contributed by atoms with E-state index in [4.69, 9.17) is 0 Å². The van der Waals surface area contributed by atoms with Crippen molar-refractivity contribution >= 4 is 23.5 Å². The summed E-state index contributed by atoms with van der Waals surface area (Å²) in [5, 5.41) is 15.7. The van der Waals surface area contributed by atoms with Crippen molar-refractivity contribution in [1.29, 1.82) is 0 Å². The predicted octanol–water partition coefficient (Wildman–Crippen LogP) is 0.877. The minimum atomic E-state index is -0.635. The fourth-order valence-electron chi connectivity index (χ4n) is 2.43. The third-order valence-corrected chi connectivity index (χ3v) is 3.82. The molecule has 0 bridgehead atoms. The Kier molecular flexibility index (Phi) is 4.26. The summed E-state index contributed by atoms with van der Waals surface area (Å²) in [5.74, 6) is -0.374. The Hall–Kier alpha value is -2.81. The van der Waals surface area contributed by atoms with Gasteiger partial charge in [-0.25, -0.2) is 9.78 Å². The molecule has 3 rings (SSSR count). The summed E-state index contributed by atoms with van der Waals surface area (Å²) < 4.78 is 14.9.